The summed E-state index contributed by atoms with van der Waals surface area (Å²) < 4.78 is 6.62. The number of benzene rings is 1. The summed E-state index contributed by atoms with van der Waals surface area (Å²) in [6, 6.07) is 9.74. The van der Waals surface area contributed by atoms with Crippen molar-refractivity contribution in [2.24, 2.45) is 0 Å². The van der Waals surface area contributed by atoms with Crippen LogP contribution >= 0.6 is 27.3 Å². The number of halogens is 1. The van der Waals surface area contributed by atoms with Gasteiger partial charge in [-0.3, -0.25) is 4.79 Å². The second-order valence-electron chi connectivity index (χ2n) is 4.29. The van der Waals surface area contributed by atoms with Crippen molar-refractivity contribution < 1.29 is 9.53 Å². The molecule has 0 amide bonds. The van der Waals surface area contributed by atoms with Crippen LogP contribution in [-0.4, -0.2) is 12.4 Å². The molecule has 0 N–H and O–H groups in total. The molecule has 0 spiro atoms. The summed E-state index contributed by atoms with van der Waals surface area (Å²) in [6.07, 6.45) is 1.26. The average Bonchev–Trinajstić information content (AvgIpc) is 2.90. The number of ketones is 1. The fraction of sp³-hybridized carbons (Fsp3) is 0.267. The summed E-state index contributed by atoms with van der Waals surface area (Å²) in [7, 11) is 0. The Balaban J connectivity index is 1.76. The Morgan fingerprint density at radius 2 is 2.21 bits per heavy atom. The molecule has 19 heavy (non-hydrogen) atoms. The van der Waals surface area contributed by atoms with Gasteiger partial charge in [0, 0.05) is 6.42 Å². The largest absolute Gasteiger partial charge is 0.492 e. The summed E-state index contributed by atoms with van der Waals surface area (Å²) >= 11 is 4.96. The van der Waals surface area contributed by atoms with Gasteiger partial charge in [-0.25, -0.2) is 0 Å². The van der Waals surface area contributed by atoms with Crippen LogP contribution in [0, 0.1) is 6.92 Å². The van der Waals surface area contributed by atoms with Crippen LogP contribution in [-0.2, 0) is 0 Å². The first-order chi connectivity index (χ1) is 9.16. The van der Waals surface area contributed by atoms with Crippen LogP contribution in [0.15, 0.2) is 40.2 Å². The minimum atomic E-state index is 0.196. The standard InChI is InChI=1S/C15H15BrO2S/c1-11-6-7-14(12(16)10-11)18-8-2-4-13(17)15-5-3-9-19-15/h3,5-7,9-10H,2,4,8H2,1H3. The number of carbonyl (C=O) groups excluding carboxylic acids is 1. The highest BCUT2D eigenvalue weighted by atomic mass is 79.9. The zero-order valence-electron chi connectivity index (χ0n) is 10.7. The Hall–Kier alpha value is -1.13. The van der Waals surface area contributed by atoms with Crippen molar-refractivity contribution in [2.45, 2.75) is 19.8 Å². The zero-order valence-corrected chi connectivity index (χ0v) is 13.1. The molecule has 2 aromatic rings. The molecule has 1 aromatic heterocycles. The number of carbonyl (C=O) groups is 1. The highest BCUT2D eigenvalue weighted by Gasteiger charge is 2.07. The number of Topliss-reactive ketones (excluding diaryl/α,β-unsaturated/α-hetero) is 1. The average molecular weight is 339 g/mol. The Labute approximate surface area is 125 Å². The minimum Gasteiger partial charge on any atom is -0.492 e. The fourth-order valence-electron chi connectivity index (χ4n) is 1.70. The summed E-state index contributed by atoms with van der Waals surface area (Å²) in [4.78, 5) is 12.6. The summed E-state index contributed by atoms with van der Waals surface area (Å²) in [6.45, 7) is 2.59. The van der Waals surface area contributed by atoms with E-state index in [4.69, 9.17) is 4.74 Å². The molecule has 0 saturated heterocycles. The van der Waals surface area contributed by atoms with Gasteiger partial charge in [-0.1, -0.05) is 12.1 Å². The third kappa shape index (κ3) is 4.18. The van der Waals surface area contributed by atoms with Crippen molar-refractivity contribution in [1.29, 1.82) is 0 Å². The lowest BCUT2D eigenvalue weighted by atomic mass is 10.2. The van der Waals surface area contributed by atoms with Gasteiger partial charge in [-0.15, -0.1) is 11.3 Å². The topological polar surface area (TPSA) is 26.3 Å². The molecule has 100 valence electrons. The van der Waals surface area contributed by atoms with Crippen LogP contribution in [0.5, 0.6) is 5.75 Å². The van der Waals surface area contributed by atoms with Crippen LogP contribution in [0.25, 0.3) is 0 Å². The van der Waals surface area contributed by atoms with Crippen molar-refractivity contribution in [2.75, 3.05) is 6.61 Å². The molecule has 0 saturated carbocycles. The number of ether oxygens (including phenoxy) is 1. The Kier molecular flexibility index (Phi) is 5.16. The molecule has 2 rings (SSSR count). The SMILES string of the molecule is Cc1ccc(OCCCC(=O)c2cccs2)c(Br)c1. The Morgan fingerprint density at radius 1 is 1.37 bits per heavy atom. The molecule has 0 aliphatic carbocycles. The highest BCUT2D eigenvalue weighted by molar-refractivity contribution is 9.10. The molecule has 0 bridgehead atoms. The maximum atomic E-state index is 11.8. The second-order valence-corrected chi connectivity index (χ2v) is 6.09. The van der Waals surface area contributed by atoms with E-state index in [2.05, 4.69) is 15.9 Å². The molecule has 0 fully saturated rings. The van der Waals surface area contributed by atoms with E-state index in [1.807, 2.05) is 42.6 Å². The number of thiophene rings is 1. The quantitative estimate of drug-likeness (QED) is 0.555. The van der Waals surface area contributed by atoms with E-state index < -0.39 is 0 Å². The first-order valence-electron chi connectivity index (χ1n) is 6.12. The molecular formula is C15H15BrO2S. The van der Waals surface area contributed by atoms with E-state index in [1.165, 1.54) is 16.9 Å². The lowest BCUT2D eigenvalue weighted by Crippen LogP contribution is -2.03. The second kappa shape index (κ2) is 6.87. The van der Waals surface area contributed by atoms with Gasteiger partial charge in [0.2, 0.25) is 0 Å². The maximum absolute atomic E-state index is 11.8. The van der Waals surface area contributed by atoms with Crippen molar-refractivity contribution in [1.82, 2.24) is 0 Å². The third-order valence-corrected chi connectivity index (χ3v) is 4.22. The molecule has 0 unspecified atom stereocenters. The summed E-state index contributed by atoms with van der Waals surface area (Å²) in [5.41, 5.74) is 1.19. The first-order valence-corrected chi connectivity index (χ1v) is 7.80. The van der Waals surface area contributed by atoms with E-state index >= 15 is 0 Å². The molecule has 0 aliphatic rings. The number of hydrogen-bond acceptors (Lipinski definition) is 3. The van der Waals surface area contributed by atoms with Gasteiger partial charge in [0.25, 0.3) is 0 Å². The molecular weight excluding hydrogens is 324 g/mol. The first kappa shape index (κ1) is 14.3. The van der Waals surface area contributed by atoms with Crippen LogP contribution in [0.1, 0.15) is 28.1 Å². The highest BCUT2D eigenvalue weighted by Crippen LogP contribution is 2.25. The smallest absolute Gasteiger partial charge is 0.172 e. The summed E-state index contributed by atoms with van der Waals surface area (Å²) in [5.74, 6) is 1.02. The van der Waals surface area contributed by atoms with E-state index in [0.29, 0.717) is 13.0 Å². The molecule has 0 atom stereocenters. The molecule has 1 heterocycles. The molecule has 2 nitrogen and oxygen atoms in total. The lowest BCUT2D eigenvalue weighted by Gasteiger charge is -2.08. The predicted molar refractivity (Wildman–Crippen MR) is 82.3 cm³/mol. The number of rotatable bonds is 6. The van der Waals surface area contributed by atoms with Gasteiger partial charge < -0.3 is 4.74 Å². The van der Waals surface area contributed by atoms with E-state index in [0.717, 1.165) is 21.5 Å². The molecule has 1 aromatic carbocycles. The summed E-state index contributed by atoms with van der Waals surface area (Å²) in [5, 5.41) is 1.92. The van der Waals surface area contributed by atoms with Gasteiger partial charge >= 0.3 is 0 Å². The van der Waals surface area contributed by atoms with Gasteiger partial charge in [0.1, 0.15) is 5.75 Å². The minimum absolute atomic E-state index is 0.196. The van der Waals surface area contributed by atoms with E-state index in [1.54, 1.807) is 0 Å². The van der Waals surface area contributed by atoms with Gasteiger partial charge in [0.15, 0.2) is 5.78 Å². The Bertz CT molecular complexity index is 549. The number of aryl methyl sites for hydroxylation is 1. The van der Waals surface area contributed by atoms with Gasteiger partial charge in [-0.2, -0.15) is 0 Å². The normalized spacial score (nSPS) is 10.4. The fourth-order valence-corrected chi connectivity index (χ4v) is 3.00. The molecule has 4 heteroatoms. The predicted octanol–water partition coefficient (Wildman–Crippen LogP) is 4.86. The molecule has 0 aliphatic heterocycles. The van der Waals surface area contributed by atoms with Crippen molar-refractivity contribution in [3.05, 3.63) is 50.6 Å². The van der Waals surface area contributed by atoms with Crippen molar-refractivity contribution in [3.8, 4) is 5.75 Å². The number of hydrogen-bond donors (Lipinski definition) is 0. The van der Waals surface area contributed by atoms with E-state index in [-0.39, 0.29) is 5.78 Å². The van der Waals surface area contributed by atoms with Crippen molar-refractivity contribution in [3.63, 3.8) is 0 Å². The third-order valence-electron chi connectivity index (χ3n) is 2.69. The van der Waals surface area contributed by atoms with Crippen LogP contribution in [0.4, 0.5) is 0 Å². The van der Waals surface area contributed by atoms with Crippen LogP contribution < -0.4 is 4.74 Å². The monoisotopic (exact) mass is 338 g/mol. The maximum Gasteiger partial charge on any atom is 0.172 e. The Morgan fingerprint density at radius 3 is 2.89 bits per heavy atom. The van der Waals surface area contributed by atoms with Crippen LogP contribution in [0.2, 0.25) is 0 Å². The zero-order chi connectivity index (χ0) is 13.7. The van der Waals surface area contributed by atoms with Crippen LogP contribution in [0.3, 0.4) is 0 Å². The van der Waals surface area contributed by atoms with Gasteiger partial charge in [0.05, 0.1) is 16.0 Å². The van der Waals surface area contributed by atoms with Gasteiger partial charge in [-0.05, 0) is 58.4 Å². The van der Waals surface area contributed by atoms with Crippen molar-refractivity contribution >= 4 is 33.0 Å². The van der Waals surface area contributed by atoms with E-state index in [9.17, 15) is 4.79 Å². The molecule has 0 radical (unpaired) electrons. The lowest BCUT2D eigenvalue weighted by molar-refractivity contribution is 0.0977.